The van der Waals surface area contributed by atoms with Crippen molar-refractivity contribution in [2.75, 3.05) is 5.32 Å². The monoisotopic (exact) mass is 255 g/mol. The van der Waals surface area contributed by atoms with Crippen molar-refractivity contribution in [3.05, 3.63) is 29.7 Å². The number of aromatic nitrogens is 2. The number of amides is 1. The van der Waals surface area contributed by atoms with Gasteiger partial charge >= 0.3 is 0 Å². The van der Waals surface area contributed by atoms with Crippen LogP contribution < -0.4 is 5.32 Å². The first-order valence-electron chi connectivity index (χ1n) is 4.10. The number of nitrogens with zero attached hydrogens (tertiary/aromatic N) is 2. The number of hydrogen-bond donors (Lipinski definition) is 1. The van der Waals surface area contributed by atoms with Crippen LogP contribution in [0.25, 0.3) is 0 Å². The van der Waals surface area contributed by atoms with Gasteiger partial charge in [-0.25, -0.2) is 9.97 Å². The molecule has 1 aromatic rings. The summed E-state index contributed by atoms with van der Waals surface area (Å²) in [5.41, 5.74) is 0. The van der Waals surface area contributed by atoms with E-state index < -0.39 is 0 Å². The second kappa shape index (κ2) is 5.49. The number of allylic oxidation sites excluding steroid dienone is 1. The lowest BCUT2D eigenvalue weighted by Crippen LogP contribution is -2.11. The summed E-state index contributed by atoms with van der Waals surface area (Å²) < 4.78 is 0.640. The Morgan fingerprint density at radius 3 is 2.93 bits per heavy atom. The normalized spacial score (nSPS) is 9.50. The van der Waals surface area contributed by atoms with Crippen molar-refractivity contribution >= 4 is 27.7 Å². The first kappa shape index (κ1) is 10.8. The molecule has 0 aliphatic carbocycles. The fourth-order valence-electron chi connectivity index (χ4n) is 0.815. The molecule has 0 unspecified atom stereocenters. The van der Waals surface area contributed by atoms with Gasteiger partial charge in [-0.15, -0.1) is 6.58 Å². The summed E-state index contributed by atoms with van der Waals surface area (Å²) in [7, 11) is 0. The van der Waals surface area contributed by atoms with Gasteiger partial charge in [-0.1, -0.05) is 6.08 Å². The largest absolute Gasteiger partial charge is 0.309 e. The summed E-state index contributed by atoms with van der Waals surface area (Å²) in [5.74, 6) is 0.379. The molecule has 0 atom stereocenters. The van der Waals surface area contributed by atoms with Gasteiger partial charge in [-0.2, -0.15) is 0 Å². The number of hydrogen-bond acceptors (Lipinski definition) is 3. The molecule has 1 amide bonds. The lowest BCUT2D eigenvalue weighted by molar-refractivity contribution is -0.116. The summed E-state index contributed by atoms with van der Waals surface area (Å²) in [5, 5.41) is 2.62. The minimum Gasteiger partial charge on any atom is -0.309 e. The maximum atomic E-state index is 11.2. The van der Waals surface area contributed by atoms with Crippen LogP contribution in [-0.4, -0.2) is 15.9 Å². The predicted octanol–water partition coefficient (Wildman–Crippen LogP) is 2.14. The summed E-state index contributed by atoms with van der Waals surface area (Å²) >= 11 is 3.15. The molecule has 1 N–H and O–H groups in total. The van der Waals surface area contributed by atoms with Gasteiger partial charge in [0.2, 0.25) is 5.91 Å². The van der Waals surface area contributed by atoms with E-state index in [0.29, 0.717) is 23.3 Å². The smallest absolute Gasteiger partial charge is 0.225 e. The molecule has 0 saturated heterocycles. The van der Waals surface area contributed by atoms with Crippen LogP contribution in [0.1, 0.15) is 12.8 Å². The zero-order valence-electron chi connectivity index (χ0n) is 7.53. The van der Waals surface area contributed by atoms with Gasteiger partial charge in [-0.3, -0.25) is 4.79 Å². The third-order valence-electron chi connectivity index (χ3n) is 1.46. The molecular formula is C9H10BrN3O. The van der Waals surface area contributed by atoms with Crippen LogP contribution in [0, 0.1) is 0 Å². The van der Waals surface area contributed by atoms with E-state index in [2.05, 4.69) is 37.8 Å². The molecule has 0 bridgehead atoms. The molecule has 1 rings (SSSR count). The predicted molar refractivity (Wildman–Crippen MR) is 57.8 cm³/mol. The Morgan fingerprint density at radius 2 is 2.36 bits per heavy atom. The minimum absolute atomic E-state index is 0.0819. The molecule has 14 heavy (non-hydrogen) atoms. The van der Waals surface area contributed by atoms with E-state index >= 15 is 0 Å². The van der Waals surface area contributed by atoms with Gasteiger partial charge in [0.1, 0.15) is 4.60 Å². The lowest BCUT2D eigenvalue weighted by Gasteiger charge is -2.01. The van der Waals surface area contributed by atoms with Gasteiger partial charge in [0, 0.05) is 6.42 Å². The van der Waals surface area contributed by atoms with E-state index in [1.54, 1.807) is 6.08 Å². The van der Waals surface area contributed by atoms with Crippen molar-refractivity contribution in [2.24, 2.45) is 0 Å². The molecular weight excluding hydrogens is 246 g/mol. The second-order valence-corrected chi connectivity index (χ2v) is 3.41. The molecule has 0 spiro atoms. The number of anilines is 1. The highest BCUT2D eigenvalue weighted by Gasteiger charge is 2.01. The third-order valence-corrected chi connectivity index (χ3v) is 1.87. The Balaban J connectivity index is 2.47. The fraction of sp³-hybridized carbons (Fsp3) is 0.222. The molecule has 0 aliphatic heterocycles. The van der Waals surface area contributed by atoms with Crippen molar-refractivity contribution < 1.29 is 4.79 Å². The zero-order chi connectivity index (χ0) is 10.4. The van der Waals surface area contributed by atoms with E-state index in [9.17, 15) is 4.79 Å². The highest BCUT2D eigenvalue weighted by atomic mass is 79.9. The van der Waals surface area contributed by atoms with Crippen LogP contribution in [0.15, 0.2) is 29.7 Å². The molecule has 0 aliphatic rings. The van der Waals surface area contributed by atoms with E-state index in [1.165, 1.54) is 12.4 Å². The highest BCUT2D eigenvalue weighted by Crippen LogP contribution is 2.06. The molecule has 4 nitrogen and oxygen atoms in total. The number of rotatable bonds is 4. The van der Waals surface area contributed by atoms with Crippen LogP contribution >= 0.6 is 15.9 Å². The van der Waals surface area contributed by atoms with E-state index in [1.807, 2.05) is 0 Å². The maximum absolute atomic E-state index is 11.2. The first-order valence-corrected chi connectivity index (χ1v) is 4.90. The van der Waals surface area contributed by atoms with Crippen LogP contribution in [0.3, 0.4) is 0 Å². The summed E-state index contributed by atoms with van der Waals surface area (Å²) in [6.45, 7) is 3.54. The van der Waals surface area contributed by atoms with Crippen molar-refractivity contribution in [1.29, 1.82) is 0 Å². The van der Waals surface area contributed by atoms with Gasteiger partial charge in [-0.05, 0) is 22.4 Å². The second-order valence-electron chi connectivity index (χ2n) is 2.60. The van der Waals surface area contributed by atoms with Crippen LogP contribution in [-0.2, 0) is 4.79 Å². The molecule has 1 aromatic heterocycles. The fourth-order valence-corrected chi connectivity index (χ4v) is 1.02. The topological polar surface area (TPSA) is 54.9 Å². The van der Waals surface area contributed by atoms with Crippen molar-refractivity contribution in [1.82, 2.24) is 9.97 Å². The van der Waals surface area contributed by atoms with Gasteiger partial charge < -0.3 is 5.32 Å². The van der Waals surface area contributed by atoms with Crippen molar-refractivity contribution in [3.63, 3.8) is 0 Å². The van der Waals surface area contributed by atoms with E-state index in [0.717, 1.165) is 0 Å². The van der Waals surface area contributed by atoms with E-state index in [4.69, 9.17) is 0 Å². The lowest BCUT2D eigenvalue weighted by atomic mass is 10.3. The SMILES string of the molecule is C=CCCC(=O)Nc1cnc(Br)cn1. The molecule has 1 heterocycles. The third kappa shape index (κ3) is 3.66. The van der Waals surface area contributed by atoms with Crippen LogP contribution in [0.5, 0.6) is 0 Å². The number of nitrogens with one attached hydrogen (secondary N) is 1. The van der Waals surface area contributed by atoms with E-state index in [-0.39, 0.29) is 5.91 Å². The molecule has 0 saturated carbocycles. The Labute approximate surface area is 90.6 Å². The first-order chi connectivity index (χ1) is 6.72. The summed E-state index contributed by atoms with van der Waals surface area (Å²) in [6, 6.07) is 0. The van der Waals surface area contributed by atoms with Gasteiger partial charge in [0.05, 0.1) is 12.4 Å². The van der Waals surface area contributed by atoms with Crippen molar-refractivity contribution in [2.45, 2.75) is 12.8 Å². The summed E-state index contributed by atoms with van der Waals surface area (Å²) in [4.78, 5) is 19.1. The molecule has 0 aromatic carbocycles. The Kier molecular flexibility index (Phi) is 4.25. The molecule has 0 fully saturated rings. The Bertz CT molecular complexity index is 323. The standard InChI is InChI=1S/C9H10BrN3O/c1-2-3-4-9(14)13-8-6-11-7(10)5-12-8/h2,5-6H,1,3-4H2,(H,12,13,14). The molecule has 0 radical (unpaired) electrons. The van der Waals surface area contributed by atoms with Gasteiger partial charge in [0.25, 0.3) is 0 Å². The number of carbonyl (C=O) groups excluding carboxylic acids is 1. The maximum Gasteiger partial charge on any atom is 0.225 e. The number of halogens is 1. The number of carbonyl (C=O) groups is 1. The minimum atomic E-state index is -0.0819. The Hall–Kier alpha value is -1.23. The summed E-state index contributed by atoms with van der Waals surface area (Å²) in [6.07, 6.45) is 5.81. The zero-order valence-corrected chi connectivity index (χ0v) is 9.12. The average molecular weight is 256 g/mol. The van der Waals surface area contributed by atoms with Crippen molar-refractivity contribution in [3.8, 4) is 0 Å². The molecule has 5 heteroatoms. The average Bonchev–Trinajstić information content (AvgIpc) is 2.18. The van der Waals surface area contributed by atoms with Crippen LogP contribution in [0.2, 0.25) is 0 Å². The highest BCUT2D eigenvalue weighted by molar-refractivity contribution is 9.10. The quantitative estimate of drug-likeness (QED) is 0.839. The Morgan fingerprint density at radius 1 is 1.57 bits per heavy atom. The molecule has 74 valence electrons. The van der Waals surface area contributed by atoms with Crippen LogP contribution in [0.4, 0.5) is 5.82 Å². The van der Waals surface area contributed by atoms with Gasteiger partial charge in [0.15, 0.2) is 5.82 Å².